The highest BCUT2D eigenvalue weighted by molar-refractivity contribution is 6.02. The van der Waals surface area contributed by atoms with Crippen molar-refractivity contribution in [3.63, 3.8) is 0 Å². The summed E-state index contributed by atoms with van der Waals surface area (Å²) >= 11 is 0. The van der Waals surface area contributed by atoms with Gasteiger partial charge in [0.2, 0.25) is 17.7 Å². The van der Waals surface area contributed by atoms with Crippen molar-refractivity contribution >= 4 is 17.7 Å². The Morgan fingerprint density at radius 3 is 2.38 bits per heavy atom. The lowest BCUT2D eigenvalue weighted by Gasteiger charge is -2.14. The van der Waals surface area contributed by atoms with Crippen LogP contribution in [0.4, 0.5) is 0 Å². The SMILES string of the molecule is CC(C)NNC(=O)CCN1C(=O)CCC1=O. The minimum Gasteiger partial charge on any atom is -0.291 e. The van der Waals surface area contributed by atoms with E-state index in [9.17, 15) is 14.4 Å². The van der Waals surface area contributed by atoms with E-state index in [0.29, 0.717) is 0 Å². The first-order valence-electron chi connectivity index (χ1n) is 5.38. The molecule has 6 heteroatoms. The first-order valence-corrected chi connectivity index (χ1v) is 5.38. The minimum absolute atomic E-state index is 0.136. The van der Waals surface area contributed by atoms with Crippen LogP contribution in [0.15, 0.2) is 0 Å². The predicted octanol–water partition coefficient (Wildman–Crippen LogP) is -0.445. The number of rotatable bonds is 5. The molecule has 6 nitrogen and oxygen atoms in total. The highest BCUT2D eigenvalue weighted by Crippen LogP contribution is 2.11. The van der Waals surface area contributed by atoms with Crippen molar-refractivity contribution in [3.05, 3.63) is 0 Å². The van der Waals surface area contributed by atoms with Gasteiger partial charge >= 0.3 is 0 Å². The van der Waals surface area contributed by atoms with Crippen molar-refractivity contribution < 1.29 is 14.4 Å². The molecular formula is C10H17N3O3. The average molecular weight is 227 g/mol. The highest BCUT2D eigenvalue weighted by atomic mass is 16.2. The Morgan fingerprint density at radius 1 is 1.31 bits per heavy atom. The molecule has 1 saturated heterocycles. The third-order valence-corrected chi connectivity index (χ3v) is 2.22. The third-order valence-electron chi connectivity index (χ3n) is 2.22. The zero-order chi connectivity index (χ0) is 12.1. The first-order chi connectivity index (χ1) is 7.50. The smallest absolute Gasteiger partial charge is 0.235 e. The molecule has 0 unspecified atom stereocenters. The Balaban J connectivity index is 2.26. The van der Waals surface area contributed by atoms with Crippen LogP contribution in [0.5, 0.6) is 0 Å². The highest BCUT2D eigenvalue weighted by Gasteiger charge is 2.28. The van der Waals surface area contributed by atoms with Crippen molar-refractivity contribution in [2.45, 2.75) is 39.2 Å². The Morgan fingerprint density at radius 2 is 1.88 bits per heavy atom. The van der Waals surface area contributed by atoms with Gasteiger partial charge in [-0.05, 0) is 13.8 Å². The van der Waals surface area contributed by atoms with Gasteiger partial charge in [-0.3, -0.25) is 24.7 Å². The van der Waals surface area contributed by atoms with Gasteiger partial charge in [0.1, 0.15) is 0 Å². The van der Waals surface area contributed by atoms with Crippen LogP contribution in [-0.4, -0.2) is 35.2 Å². The lowest BCUT2D eigenvalue weighted by atomic mass is 10.3. The van der Waals surface area contributed by atoms with Gasteiger partial charge in [0.05, 0.1) is 0 Å². The largest absolute Gasteiger partial charge is 0.291 e. The van der Waals surface area contributed by atoms with Crippen LogP contribution in [0.2, 0.25) is 0 Å². The van der Waals surface area contributed by atoms with Gasteiger partial charge in [-0.2, -0.15) is 0 Å². The van der Waals surface area contributed by atoms with Gasteiger partial charge in [-0.25, -0.2) is 5.43 Å². The quantitative estimate of drug-likeness (QED) is 0.493. The number of nitrogens with zero attached hydrogens (tertiary/aromatic N) is 1. The summed E-state index contributed by atoms with van der Waals surface area (Å²) in [6.07, 6.45) is 0.673. The van der Waals surface area contributed by atoms with Crippen molar-refractivity contribution in [1.29, 1.82) is 0 Å². The van der Waals surface area contributed by atoms with Gasteiger partial charge < -0.3 is 0 Å². The molecule has 0 radical (unpaired) electrons. The molecule has 0 aromatic rings. The summed E-state index contributed by atoms with van der Waals surface area (Å²) in [5, 5.41) is 0. The molecule has 0 spiro atoms. The van der Waals surface area contributed by atoms with E-state index in [0.717, 1.165) is 4.90 Å². The maximum Gasteiger partial charge on any atom is 0.235 e. The third kappa shape index (κ3) is 3.62. The fourth-order valence-electron chi connectivity index (χ4n) is 1.37. The molecular weight excluding hydrogens is 210 g/mol. The maximum atomic E-state index is 11.3. The van der Waals surface area contributed by atoms with Crippen LogP contribution in [0.25, 0.3) is 0 Å². The second kappa shape index (κ2) is 5.60. The monoisotopic (exact) mass is 227 g/mol. The summed E-state index contributed by atoms with van der Waals surface area (Å²) in [5.74, 6) is -0.592. The Hall–Kier alpha value is -1.43. The van der Waals surface area contributed by atoms with E-state index in [1.165, 1.54) is 0 Å². The summed E-state index contributed by atoms with van der Waals surface area (Å²) in [6, 6.07) is 0.152. The normalized spacial score (nSPS) is 16.1. The number of hydrogen-bond acceptors (Lipinski definition) is 4. The van der Waals surface area contributed by atoms with E-state index in [1.807, 2.05) is 13.8 Å². The number of nitrogens with one attached hydrogen (secondary N) is 2. The molecule has 1 rings (SSSR count). The zero-order valence-corrected chi connectivity index (χ0v) is 9.58. The molecule has 0 aromatic heterocycles. The van der Waals surface area contributed by atoms with Crippen molar-refractivity contribution in [2.24, 2.45) is 0 Å². The van der Waals surface area contributed by atoms with Gasteiger partial charge in [0.15, 0.2) is 0 Å². The van der Waals surface area contributed by atoms with E-state index in [2.05, 4.69) is 10.9 Å². The van der Waals surface area contributed by atoms with E-state index >= 15 is 0 Å². The van der Waals surface area contributed by atoms with Crippen LogP contribution in [0.1, 0.15) is 33.1 Å². The molecule has 90 valence electrons. The summed E-state index contributed by atoms with van der Waals surface area (Å²) in [4.78, 5) is 34.9. The van der Waals surface area contributed by atoms with Gasteiger partial charge in [0, 0.05) is 31.8 Å². The number of carbonyl (C=O) groups excluding carboxylic acids is 3. The number of amides is 3. The number of likely N-dealkylation sites (tertiary alicyclic amines) is 1. The zero-order valence-electron chi connectivity index (χ0n) is 9.58. The molecule has 3 amide bonds. The molecule has 1 aliphatic rings. The second-order valence-corrected chi connectivity index (χ2v) is 4.04. The van der Waals surface area contributed by atoms with Crippen LogP contribution in [0.3, 0.4) is 0 Å². The predicted molar refractivity (Wildman–Crippen MR) is 57.0 cm³/mol. The van der Waals surface area contributed by atoms with Crippen LogP contribution >= 0.6 is 0 Å². The van der Waals surface area contributed by atoms with Gasteiger partial charge in [-0.15, -0.1) is 0 Å². The molecule has 2 N–H and O–H groups in total. The summed E-state index contributed by atoms with van der Waals surface area (Å²) < 4.78 is 0. The van der Waals surface area contributed by atoms with Gasteiger partial charge in [0.25, 0.3) is 0 Å². The fraction of sp³-hybridized carbons (Fsp3) is 0.700. The molecule has 1 fully saturated rings. The number of carbonyl (C=O) groups is 3. The van der Waals surface area contributed by atoms with Crippen molar-refractivity contribution in [2.75, 3.05) is 6.54 Å². The molecule has 1 aliphatic heterocycles. The van der Waals surface area contributed by atoms with Crippen LogP contribution < -0.4 is 10.9 Å². The van der Waals surface area contributed by atoms with Crippen molar-refractivity contribution in [1.82, 2.24) is 15.8 Å². The molecule has 0 saturated carbocycles. The topological polar surface area (TPSA) is 78.5 Å². The Labute approximate surface area is 94.3 Å². The van der Waals surface area contributed by atoms with Crippen LogP contribution in [-0.2, 0) is 14.4 Å². The number of imide groups is 1. The average Bonchev–Trinajstić information content (AvgIpc) is 2.53. The molecule has 16 heavy (non-hydrogen) atoms. The van der Waals surface area contributed by atoms with Gasteiger partial charge in [-0.1, -0.05) is 0 Å². The summed E-state index contributed by atoms with van der Waals surface area (Å²) in [5.41, 5.74) is 5.25. The Kier molecular flexibility index (Phi) is 4.42. The summed E-state index contributed by atoms with van der Waals surface area (Å²) in [7, 11) is 0. The number of hydrogen-bond donors (Lipinski definition) is 2. The minimum atomic E-state index is -0.221. The fourth-order valence-corrected chi connectivity index (χ4v) is 1.37. The molecule has 0 aliphatic carbocycles. The molecule has 1 heterocycles. The van der Waals surface area contributed by atoms with E-state index < -0.39 is 0 Å². The lowest BCUT2D eigenvalue weighted by Crippen LogP contribution is -2.43. The first kappa shape index (κ1) is 12.6. The van der Waals surface area contributed by atoms with E-state index in [4.69, 9.17) is 0 Å². The number of hydrazine groups is 1. The maximum absolute atomic E-state index is 11.3. The van der Waals surface area contributed by atoms with E-state index in [-0.39, 0.29) is 49.6 Å². The molecule has 0 bridgehead atoms. The van der Waals surface area contributed by atoms with E-state index in [1.54, 1.807) is 0 Å². The standard InChI is InChI=1S/C10H17N3O3/c1-7(2)11-12-8(14)5-6-13-9(15)3-4-10(13)16/h7,11H,3-6H2,1-2H3,(H,12,14). The molecule has 0 atom stereocenters. The van der Waals surface area contributed by atoms with Crippen molar-refractivity contribution in [3.8, 4) is 0 Å². The second-order valence-electron chi connectivity index (χ2n) is 4.04. The molecule has 0 aromatic carbocycles. The lowest BCUT2D eigenvalue weighted by molar-refractivity contribution is -0.138. The van der Waals surface area contributed by atoms with Crippen LogP contribution in [0, 0.1) is 0 Å². The summed E-state index contributed by atoms with van der Waals surface area (Å²) in [6.45, 7) is 3.96. The Bertz CT molecular complexity index is 286.